The number of nitrogens with zero attached hydrogens (tertiary/aromatic N) is 1. The summed E-state index contributed by atoms with van der Waals surface area (Å²) in [4.78, 5) is 4.91. The van der Waals surface area contributed by atoms with Crippen LogP contribution in [-0.2, 0) is 20.2 Å². The molecule has 1 saturated heterocycles. The molecule has 2 heterocycles. The molecular formula is C22H23NO3S. The Morgan fingerprint density at radius 3 is 2.52 bits per heavy atom. The minimum atomic E-state index is -3.55. The van der Waals surface area contributed by atoms with E-state index in [4.69, 9.17) is 4.74 Å². The summed E-state index contributed by atoms with van der Waals surface area (Å²) in [6, 6.07) is 15.1. The zero-order valence-electron chi connectivity index (χ0n) is 15.7. The molecular weight excluding hydrogens is 358 g/mol. The fourth-order valence-corrected chi connectivity index (χ4v) is 5.97. The lowest BCUT2D eigenvalue weighted by Crippen LogP contribution is -2.34. The highest BCUT2D eigenvalue weighted by Gasteiger charge is 2.66. The van der Waals surface area contributed by atoms with Crippen LogP contribution in [0.1, 0.15) is 23.6 Å². The number of rotatable bonds is 5. The molecule has 2 aromatic rings. The summed E-state index contributed by atoms with van der Waals surface area (Å²) < 4.78 is 32.9. The Hall–Kier alpha value is -2.24. The van der Waals surface area contributed by atoms with Gasteiger partial charge in [-0.3, -0.25) is 4.99 Å². The summed E-state index contributed by atoms with van der Waals surface area (Å²) >= 11 is 0. The van der Waals surface area contributed by atoms with E-state index in [1.54, 1.807) is 12.3 Å². The van der Waals surface area contributed by atoms with E-state index in [0.717, 1.165) is 16.7 Å². The van der Waals surface area contributed by atoms with Crippen molar-refractivity contribution in [1.82, 2.24) is 0 Å². The Morgan fingerprint density at radius 1 is 1.11 bits per heavy atom. The summed E-state index contributed by atoms with van der Waals surface area (Å²) in [5.41, 5.74) is 1.12. The van der Waals surface area contributed by atoms with Crippen molar-refractivity contribution in [3.05, 3.63) is 77.4 Å². The van der Waals surface area contributed by atoms with Crippen LogP contribution in [0.5, 0.6) is 0 Å². The van der Waals surface area contributed by atoms with Crippen LogP contribution in [0.2, 0.25) is 0 Å². The average Bonchev–Trinajstić information content (AvgIpc) is 3.21. The highest BCUT2D eigenvalue weighted by molar-refractivity contribution is 7.91. The van der Waals surface area contributed by atoms with Crippen molar-refractivity contribution < 1.29 is 13.2 Å². The van der Waals surface area contributed by atoms with Crippen molar-refractivity contribution in [1.29, 1.82) is 0 Å². The van der Waals surface area contributed by atoms with Crippen molar-refractivity contribution in [2.45, 2.75) is 42.9 Å². The highest BCUT2D eigenvalue weighted by atomic mass is 32.2. The van der Waals surface area contributed by atoms with E-state index in [1.165, 1.54) is 0 Å². The molecule has 27 heavy (non-hydrogen) atoms. The summed E-state index contributed by atoms with van der Waals surface area (Å²) in [6.45, 7) is 5.71. The smallest absolute Gasteiger partial charge is 0.181 e. The van der Waals surface area contributed by atoms with Gasteiger partial charge in [-0.2, -0.15) is 0 Å². The molecule has 2 aromatic carbocycles. The van der Waals surface area contributed by atoms with Gasteiger partial charge in [0.15, 0.2) is 9.84 Å². The predicted octanol–water partition coefficient (Wildman–Crippen LogP) is 3.77. The molecule has 5 heteroatoms. The number of epoxide rings is 1. The van der Waals surface area contributed by atoms with Crippen molar-refractivity contribution in [2.75, 3.05) is 5.75 Å². The van der Waals surface area contributed by atoms with E-state index in [-0.39, 0.29) is 11.9 Å². The molecule has 140 valence electrons. The minimum absolute atomic E-state index is 0.0993. The Kier molecular flexibility index (Phi) is 4.13. The number of hydrogen-bond donors (Lipinski definition) is 0. The van der Waals surface area contributed by atoms with E-state index < -0.39 is 21.0 Å². The second-order valence-corrected chi connectivity index (χ2v) is 9.60. The Bertz CT molecular complexity index is 1030. The van der Waals surface area contributed by atoms with Gasteiger partial charge in [0.1, 0.15) is 17.2 Å². The molecule has 2 aliphatic rings. The quantitative estimate of drug-likeness (QED) is 0.741. The molecule has 2 aliphatic heterocycles. The summed E-state index contributed by atoms with van der Waals surface area (Å²) in [7, 11) is -3.55. The normalized spacial score (nSPS) is 29.2. The first-order valence-electron chi connectivity index (χ1n) is 9.03. The van der Waals surface area contributed by atoms with Gasteiger partial charge in [-0.1, -0.05) is 48.5 Å². The molecule has 0 aliphatic carbocycles. The third-order valence-corrected chi connectivity index (χ3v) is 7.36. The van der Waals surface area contributed by atoms with E-state index in [1.807, 2.05) is 75.4 Å². The predicted molar refractivity (Wildman–Crippen MR) is 107 cm³/mol. The van der Waals surface area contributed by atoms with Gasteiger partial charge in [-0.05, 0) is 49.6 Å². The zero-order chi connectivity index (χ0) is 19.3. The number of sulfone groups is 1. The van der Waals surface area contributed by atoms with Crippen LogP contribution >= 0.6 is 0 Å². The standard InChI is InChI=1S/C22H23NO3S/c1-16-10-11-17(2)19(14-16)27(24,25)15-22(18-8-5-4-6-9-18)20(26-22)21(3)12-7-13-23-21/h4-14,20H,15H2,1-3H3. The maximum atomic E-state index is 13.4. The van der Waals surface area contributed by atoms with E-state index in [0.29, 0.717) is 4.90 Å². The zero-order valence-corrected chi connectivity index (χ0v) is 16.5. The third kappa shape index (κ3) is 3.05. The first-order chi connectivity index (χ1) is 12.8. The molecule has 0 saturated carbocycles. The van der Waals surface area contributed by atoms with Crippen LogP contribution in [0.4, 0.5) is 0 Å². The molecule has 1 fully saturated rings. The van der Waals surface area contributed by atoms with Gasteiger partial charge in [-0.15, -0.1) is 0 Å². The Balaban J connectivity index is 1.77. The van der Waals surface area contributed by atoms with Crippen LogP contribution in [0.15, 0.2) is 70.6 Å². The number of ether oxygens (including phenoxy) is 1. The van der Waals surface area contributed by atoms with Gasteiger partial charge in [0.05, 0.1) is 10.6 Å². The molecule has 0 N–H and O–H groups in total. The SMILES string of the molecule is Cc1ccc(C)c(S(=O)(=O)CC2(c3ccccc3)OC2C2(C)C=CC=N2)c1. The molecule has 4 nitrogen and oxygen atoms in total. The second kappa shape index (κ2) is 6.14. The molecule has 3 atom stereocenters. The van der Waals surface area contributed by atoms with Gasteiger partial charge < -0.3 is 4.74 Å². The van der Waals surface area contributed by atoms with Gasteiger partial charge in [0, 0.05) is 6.21 Å². The van der Waals surface area contributed by atoms with Gasteiger partial charge in [0.25, 0.3) is 0 Å². The van der Waals surface area contributed by atoms with Gasteiger partial charge in [-0.25, -0.2) is 8.42 Å². The minimum Gasteiger partial charge on any atom is -0.357 e. The number of benzene rings is 2. The molecule has 0 bridgehead atoms. The molecule has 0 amide bonds. The monoisotopic (exact) mass is 381 g/mol. The average molecular weight is 381 g/mol. The van der Waals surface area contributed by atoms with E-state index in [9.17, 15) is 8.42 Å². The fourth-order valence-electron chi connectivity index (χ4n) is 3.94. The Labute approximate surface area is 160 Å². The summed E-state index contributed by atoms with van der Waals surface area (Å²) in [5, 5.41) is 0. The van der Waals surface area contributed by atoms with Crippen molar-refractivity contribution in [3.8, 4) is 0 Å². The first-order valence-corrected chi connectivity index (χ1v) is 10.7. The Morgan fingerprint density at radius 2 is 1.85 bits per heavy atom. The van der Waals surface area contributed by atoms with Crippen LogP contribution in [-0.4, -0.2) is 32.0 Å². The second-order valence-electron chi connectivity index (χ2n) is 7.64. The topological polar surface area (TPSA) is 59.0 Å². The van der Waals surface area contributed by atoms with Gasteiger partial charge in [0.2, 0.25) is 0 Å². The first kappa shape index (κ1) is 18.1. The largest absolute Gasteiger partial charge is 0.357 e. The van der Waals surface area contributed by atoms with Crippen LogP contribution < -0.4 is 0 Å². The highest BCUT2D eigenvalue weighted by Crippen LogP contribution is 2.54. The lowest BCUT2D eigenvalue weighted by Gasteiger charge is -2.21. The summed E-state index contributed by atoms with van der Waals surface area (Å²) in [6.07, 6.45) is 5.29. The maximum Gasteiger partial charge on any atom is 0.181 e. The molecule has 4 rings (SSSR count). The van der Waals surface area contributed by atoms with Crippen LogP contribution in [0.25, 0.3) is 0 Å². The van der Waals surface area contributed by atoms with Crippen molar-refractivity contribution in [2.24, 2.45) is 4.99 Å². The molecule has 0 spiro atoms. The summed E-state index contributed by atoms with van der Waals surface area (Å²) in [5.74, 6) is -0.0993. The fraction of sp³-hybridized carbons (Fsp3) is 0.318. The van der Waals surface area contributed by atoms with Gasteiger partial charge >= 0.3 is 0 Å². The third-order valence-electron chi connectivity index (χ3n) is 5.44. The van der Waals surface area contributed by atoms with Crippen molar-refractivity contribution in [3.63, 3.8) is 0 Å². The van der Waals surface area contributed by atoms with Crippen LogP contribution in [0, 0.1) is 13.8 Å². The van der Waals surface area contributed by atoms with Crippen LogP contribution in [0.3, 0.4) is 0 Å². The number of hydrogen-bond acceptors (Lipinski definition) is 4. The van der Waals surface area contributed by atoms with Crippen molar-refractivity contribution >= 4 is 16.1 Å². The number of aryl methyl sites for hydroxylation is 2. The number of allylic oxidation sites excluding steroid dienone is 1. The molecule has 0 aromatic heterocycles. The molecule has 3 unspecified atom stereocenters. The van der Waals surface area contributed by atoms with E-state index in [2.05, 4.69) is 4.99 Å². The lowest BCUT2D eigenvalue weighted by atomic mass is 9.86. The van der Waals surface area contributed by atoms with E-state index >= 15 is 0 Å². The number of aliphatic imine (C=N–C) groups is 1. The lowest BCUT2D eigenvalue weighted by molar-refractivity contribution is 0.293. The maximum absolute atomic E-state index is 13.4. The molecule has 0 radical (unpaired) electrons.